The van der Waals surface area contributed by atoms with Crippen molar-refractivity contribution >= 4 is 14.1 Å². The zero-order chi connectivity index (χ0) is 17.3. The average Bonchev–Trinajstić information content (AvgIpc) is 2.48. The molecule has 0 amide bonds. The summed E-state index contributed by atoms with van der Waals surface area (Å²) < 4.78 is 6.41. The van der Waals surface area contributed by atoms with E-state index in [-0.39, 0.29) is 0 Å². The number of Topliss-reactive ketones (excluding diaryl/α,β-unsaturated/α-hetero) is 1. The molecule has 0 saturated heterocycles. The molecule has 23 heavy (non-hydrogen) atoms. The molecule has 0 aromatic heterocycles. The van der Waals surface area contributed by atoms with Crippen LogP contribution in [0.5, 0.6) is 0 Å². The fourth-order valence-corrected chi connectivity index (χ4v) is 4.44. The standard InChI is InChI=1S/C20H34O2Si/c1-15-18(8-7-9-19(15)21)17-12-10-16(11-13-17)14-22-23(5,6)20(2,3)4/h7-8,16-17H,9-14H2,1-6H3. The molecule has 0 heterocycles. The van der Waals surface area contributed by atoms with Crippen LogP contribution in [-0.4, -0.2) is 20.7 Å². The highest BCUT2D eigenvalue weighted by Crippen LogP contribution is 2.40. The van der Waals surface area contributed by atoms with Crippen molar-refractivity contribution < 1.29 is 9.22 Å². The van der Waals surface area contributed by atoms with Gasteiger partial charge in [0, 0.05) is 13.0 Å². The number of hydrogen-bond acceptors (Lipinski definition) is 2. The molecule has 0 unspecified atom stereocenters. The van der Waals surface area contributed by atoms with Crippen molar-refractivity contribution in [2.75, 3.05) is 6.61 Å². The highest BCUT2D eigenvalue weighted by Gasteiger charge is 2.38. The van der Waals surface area contributed by atoms with Crippen molar-refractivity contribution in [2.45, 2.75) is 77.9 Å². The van der Waals surface area contributed by atoms with Gasteiger partial charge in [0.25, 0.3) is 0 Å². The summed E-state index contributed by atoms with van der Waals surface area (Å²) in [5.41, 5.74) is 2.32. The van der Waals surface area contributed by atoms with Gasteiger partial charge >= 0.3 is 0 Å². The van der Waals surface area contributed by atoms with Crippen LogP contribution >= 0.6 is 0 Å². The molecule has 130 valence electrons. The van der Waals surface area contributed by atoms with Gasteiger partial charge in [-0.2, -0.15) is 0 Å². The van der Waals surface area contributed by atoms with Crippen molar-refractivity contribution in [2.24, 2.45) is 11.8 Å². The smallest absolute Gasteiger partial charge is 0.191 e. The maximum atomic E-state index is 11.9. The summed E-state index contributed by atoms with van der Waals surface area (Å²) in [6.07, 6.45) is 9.71. The zero-order valence-corrected chi connectivity index (χ0v) is 16.9. The molecule has 0 N–H and O–H groups in total. The number of ketones is 1. The molecule has 2 aliphatic rings. The second kappa shape index (κ2) is 7.06. The van der Waals surface area contributed by atoms with Gasteiger partial charge in [0.15, 0.2) is 14.1 Å². The first-order valence-electron chi connectivity index (χ1n) is 9.16. The minimum atomic E-state index is -1.62. The third-order valence-electron chi connectivity index (χ3n) is 6.22. The first kappa shape index (κ1) is 18.7. The minimum absolute atomic E-state index is 0.291. The van der Waals surface area contributed by atoms with E-state index in [1.807, 2.05) is 13.0 Å². The summed E-state index contributed by atoms with van der Waals surface area (Å²) in [6.45, 7) is 14.5. The predicted molar refractivity (Wildman–Crippen MR) is 100 cm³/mol. The Morgan fingerprint density at radius 3 is 2.35 bits per heavy atom. The third kappa shape index (κ3) is 4.45. The largest absolute Gasteiger partial charge is 0.417 e. The molecule has 0 radical (unpaired) electrons. The predicted octanol–water partition coefficient (Wildman–Crippen LogP) is 5.66. The molecule has 1 saturated carbocycles. The molecule has 0 aromatic rings. The lowest BCUT2D eigenvalue weighted by Gasteiger charge is -2.38. The molecule has 0 atom stereocenters. The van der Waals surface area contributed by atoms with Gasteiger partial charge in [-0.3, -0.25) is 4.79 Å². The summed E-state index contributed by atoms with van der Waals surface area (Å²) in [5.74, 6) is 1.59. The highest BCUT2D eigenvalue weighted by atomic mass is 28.4. The van der Waals surface area contributed by atoms with Crippen molar-refractivity contribution in [1.29, 1.82) is 0 Å². The molecule has 0 bridgehead atoms. The Hall–Kier alpha value is -0.673. The molecular weight excluding hydrogens is 300 g/mol. The highest BCUT2D eigenvalue weighted by molar-refractivity contribution is 6.74. The Labute approximate surface area is 143 Å². The van der Waals surface area contributed by atoms with E-state index in [9.17, 15) is 4.79 Å². The SMILES string of the molecule is CC1=C(C2CCC(CO[Si](C)(C)C(C)(C)C)CC2)C=CCC1=O. The first-order chi connectivity index (χ1) is 10.6. The molecule has 0 aliphatic heterocycles. The lowest BCUT2D eigenvalue weighted by molar-refractivity contribution is -0.114. The maximum absolute atomic E-state index is 11.9. The van der Waals surface area contributed by atoms with E-state index in [0.29, 0.717) is 29.1 Å². The van der Waals surface area contributed by atoms with E-state index in [0.717, 1.165) is 12.2 Å². The number of carbonyl (C=O) groups is 1. The van der Waals surface area contributed by atoms with E-state index in [4.69, 9.17) is 4.43 Å². The summed E-state index contributed by atoms with van der Waals surface area (Å²) in [7, 11) is -1.62. The Morgan fingerprint density at radius 2 is 1.78 bits per heavy atom. The van der Waals surface area contributed by atoms with Crippen molar-refractivity contribution in [3.63, 3.8) is 0 Å². The third-order valence-corrected chi connectivity index (χ3v) is 10.7. The van der Waals surface area contributed by atoms with Crippen LogP contribution in [0.4, 0.5) is 0 Å². The second-order valence-corrected chi connectivity index (χ2v) is 13.7. The molecule has 2 nitrogen and oxygen atoms in total. The lowest BCUT2D eigenvalue weighted by Crippen LogP contribution is -2.42. The summed E-state index contributed by atoms with van der Waals surface area (Å²) in [6, 6.07) is 0. The van der Waals surface area contributed by atoms with E-state index < -0.39 is 8.32 Å². The van der Waals surface area contributed by atoms with Crippen molar-refractivity contribution in [3.8, 4) is 0 Å². The Kier molecular flexibility index (Phi) is 5.73. The van der Waals surface area contributed by atoms with Gasteiger partial charge in [-0.1, -0.05) is 32.9 Å². The van der Waals surface area contributed by atoms with Gasteiger partial charge in [-0.05, 0) is 73.7 Å². The van der Waals surface area contributed by atoms with E-state index >= 15 is 0 Å². The molecule has 0 aromatic carbocycles. The fourth-order valence-electron chi connectivity index (χ4n) is 3.36. The van der Waals surface area contributed by atoms with Gasteiger partial charge in [-0.15, -0.1) is 0 Å². The normalized spacial score (nSPS) is 26.8. The molecule has 1 fully saturated rings. The molecule has 2 aliphatic carbocycles. The number of rotatable bonds is 4. The van der Waals surface area contributed by atoms with Gasteiger partial charge in [0.2, 0.25) is 0 Å². The Morgan fingerprint density at radius 1 is 1.17 bits per heavy atom. The van der Waals surface area contributed by atoms with Crippen LogP contribution in [0.15, 0.2) is 23.3 Å². The monoisotopic (exact) mass is 334 g/mol. The number of allylic oxidation sites excluding steroid dienone is 4. The van der Waals surface area contributed by atoms with Crippen LogP contribution < -0.4 is 0 Å². The van der Waals surface area contributed by atoms with Crippen molar-refractivity contribution in [1.82, 2.24) is 0 Å². The van der Waals surface area contributed by atoms with Gasteiger partial charge in [0.1, 0.15) is 0 Å². The van der Waals surface area contributed by atoms with Crippen LogP contribution in [0.1, 0.15) is 59.8 Å². The van der Waals surface area contributed by atoms with E-state index in [1.54, 1.807) is 0 Å². The van der Waals surface area contributed by atoms with Gasteiger partial charge in [-0.25, -0.2) is 0 Å². The van der Waals surface area contributed by atoms with Crippen LogP contribution in [0, 0.1) is 11.8 Å². The molecule has 2 rings (SSSR count). The minimum Gasteiger partial charge on any atom is -0.417 e. The molecular formula is C20H34O2Si. The van der Waals surface area contributed by atoms with Gasteiger partial charge in [0.05, 0.1) is 0 Å². The number of carbonyl (C=O) groups excluding carboxylic acids is 1. The fraction of sp³-hybridized carbons (Fsp3) is 0.750. The Balaban J connectivity index is 1.86. The summed E-state index contributed by atoms with van der Waals surface area (Å²) in [4.78, 5) is 11.9. The Bertz CT molecular complexity index is 500. The molecule has 3 heteroatoms. The zero-order valence-electron chi connectivity index (χ0n) is 15.9. The summed E-state index contributed by atoms with van der Waals surface area (Å²) >= 11 is 0. The topological polar surface area (TPSA) is 26.3 Å². The maximum Gasteiger partial charge on any atom is 0.191 e. The van der Waals surface area contributed by atoms with E-state index in [1.165, 1.54) is 31.3 Å². The quantitative estimate of drug-likeness (QED) is 0.620. The van der Waals surface area contributed by atoms with Crippen LogP contribution in [0.25, 0.3) is 0 Å². The van der Waals surface area contributed by atoms with Crippen molar-refractivity contribution in [3.05, 3.63) is 23.3 Å². The molecule has 0 spiro atoms. The lowest BCUT2D eigenvalue weighted by atomic mass is 9.76. The van der Waals surface area contributed by atoms with E-state index in [2.05, 4.69) is 39.9 Å². The van der Waals surface area contributed by atoms with Gasteiger partial charge < -0.3 is 4.43 Å². The first-order valence-corrected chi connectivity index (χ1v) is 12.1. The summed E-state index contributed by atoms with van der Waals surface area (Å²) in [5, 5.41) is 0.291. The second-order valence-electron chi connectivity index (χ2n) is 8.90. The van der Waals surface area contributed by atoms with Crippen LogP contribution in [0.3, 0.4) is 0 Å². The average molecular weight is 335 g/mol. The van der Waals surface area contributed by atoms with Crippen LogP contribution in [-0.2, 0) is 9.22 Å². The van der Waals surface area contributed by atoms with Crippen LogP contribution in [0.2, 0.25) is 18.1 Å². The number of hydrogen-bond donors (Lipinski definition) is 0.